The lowest BCUT2D eigenvalue weighted by molar-refractivity contribution is 1.07. The summed E-state index contributed by atoms with van der Waals surface area (Å²) in [6, 6.07) is 91.5. The summed E-state index contributed by atoms with van der Waals surface area (Å²) in [6.45, 7) is 15.7. The zero-order valence-electron chi connectivity index (χ0n) is 50.5. The largest absolute Gasteiger partial charge is 0.375 e. The molecule has 2 aliphatic heterocycles. The molecule has 12 aromatic carbocycles. The first kappa shape index (κ1) is 52.8. The smallest absolute Gasteiger partial charge is 0.333 e. The molecule has 88 heavy (non-hydrogen) atoms. The number of nitrogens with zero attached hydrogens (tertiary/aromatic N) is 5. The number of aromatic nitrogens is 4. The fourth-order valence-electron chi connectivity index (χ4n) is 14.9. The van der Waals surface area contributed by atoms with Crippen LogP contribution in [0, 0.1) is 48.5 Å². The Bertz CT molecular complexity index is 5040. The van der Waals surface area contributed by atoms with Gasteiger partial charge in [-0.05, 0) is 203 Å². The van der Waals surface area contributed by atoms with E-state index >= 15 is 0 Å². The molecule has 0 fully saturated rings. The van der Waals surface area contributed by atoms with Gasteiger partial charge in [0.2, 0.25) is 0 Å². The Labute approximate surface area is 515 Å². The normalized spacial score (nSPS) is 12.2. The molecule has 0 saturated carbocycles. The summed E-state index contributed by atoms with van der Waals surface area (Å²) < 4.78 is 2.72. The molecule has 2 aliphatic rings. The van der Waals surface area contributed by atoms with Crippen molar-refractivity contribution in [1.29, 1.82) is 0 Å². The summed E-state index contributed by atoms with van der Waals surface area (Å²) in [5.41, 5.74) is 34.5. The summed E-state index contributed by atoms with van der Waals surface area (Å²) in [4.78, 5) is 18.1. The highest BCUT2D eigenvalue weighted by Gasteiger charge is 2.44. The van der Waals surface area contributed by atoms with Crippen LogP contribution in [0.4, 0.5) is 17.1 Å². The van der Waals surface area contributed by atoms with Crippen LogP contribution in [0.1, 0.15) is 38.9 Å². The van der Waals surface area contributed by atoms with Gasteiger partial charge in [0.05, 0.1) is 0 Å². The molecule has 5 nitrogen and oxygen atoms in total. The highest BCUT2D eigenvalue weighted by Crippen LogP contribution is 2.51. The van der Waals surface area contributed by atoms with Crippen LogP contribution in [0.15, 0.2) is 249 Å². The molecule has 0 radical (unpaired) electrons. The fourth-order valence-corrected chi connectivity index (χ4v) is 14.9. The van der Waals surface area contributed by atoms with E-state index in [0.717, 1.165) is 44.9 Å². The van der Waals surface area contributed by atoms with Crippen LogP contribution in [0.3, 0.4) is 0 Å². The predicted octanol–water partition coefficient (Wildman–Crippen LogP) is 19.9. The second-order valence-electron chi connectivity index (χ2n) is 24.3. The monoisotopic (exact) mass is 1130 g/mol. The van der Waals surface area contributed by atoms with Crippen molar-refractivity contribution in [3.63, 3.8) is 0 Å². The lowest BCUT2D eigenvalue weighted by atomic mass is 9.44. The van der Waals surface area contributed by atoms with Crippen molar-refractivity contribution in [2.75, 3.05) is 4.90 Å². The highest BCUT2D eigenvalue weighted by molar-refractivity contribution is 6.90. The Morgan fingerprint density at radius 1 is 0.318 bits per heavy atom. The van der Waals surface area contributed by atoms with Gasteiger partial charge in [-0.2, -0.15) is 0 Å². The molecule has 4 heterocycles. The molecule has 0 bridgehead atoms. The van der Waals surface area contributed by atoms with Gasteiger partial charge in [-0.15, -0.1) is 0 Å². The van der Waals surface area contributed by atoms with E-state index in [1.165, 1.54) is 127 Å². The van der Waals surface area contributed by atoms with Gasteiger partial charge in [0.15, 0.2) is 17.5 Å². The van der Waals surface area contributed by atoms with E-state index in [0.29, 0.717) is 17.5 Å². The predicted molar refractivity (Wildman–Crippen MR) is 370 cm³/mol. The van der Waals surface area contributed by atoms with Crippen LogP contribution < -0.4 is 15.8 Å². The van der Waals surface area contributed by atoms with E-state index in [1.807, 2.05) is 36.4 Å². The van der Waals surface area contributed by atoms with E-state index in [2.05, 4.69) is 270 Å². The third kappa shape index (κ3) is 8.65. The van der Waals surface area contributed by atoms with Gasteiger partial charge in [0, 0.05) is 61.1 Å². The quantitative estimate of drug-likeness (QED) is 0.135. The number of fused-ring (bicyclic) bond motifs is 7. The van der Waals surface area contributed by atoms with Crippen LogP contribution >= 0.6 is 0 Å². The van der Waals surface area contributed by atoms with Crippen molar-refractivity contribution in [3.05, 3.63) is 288 Å². The van der Waals surface area contributed by atoms with E-state index < -0.39 is 0 Å². The van der Waals surface area contributed by atoms with E-state index in [4.69, 9.17) is 15.0 Å². The molecule has 0 saturated heterocycles. The SMILES string of the molecule is Cc1cc(C)c(-c2ccc3c(c2)c2cc(-c4c(C)cc(C)cc4C)cc4c2n3B2c3cc(-c5ccccc5)ccc3N(c3ccc(-c5ccccc5)cc3)c3cc(-c5cccc(-c6nc(-c7ccccc7)nc(-c7ccccc7)n6)c5)c(C)c-4c32)c(C)c1. The third-order valence-electron chi connectivity index (χ3n) is 18.5. The van der Waals surface area contributed by atoms with Crippen LogP contribution in [0.2, 0.25) is 0 Å². The van der Waals surface area contributed by atoms with Gasteiger partial charge in [0.1, 0.15) is 0 Å². The van der Waals surface area contributed by atoms with Crippen LogP contribution in [-0.4, -0.2) is 26.3 Å². The minimum absolute atomic E-state index is 0.199. The Morgan fingerprint density at radius 3 is 1.39 bits per heavy atom. The molecular weight excluding hydrogens is 1070 g/mol. The number of hydrogen-bond acceptors (Lipinski definition) is 4. The van der Waals surface area contributed by atoms with Crippen molar-refractivity contribution in [1.82, 2.24) is 19.4 Å². The summed E-state index contributed by atoms with van der Waals surface area (Å²) in [5, 5.41) is 2.50. The first-order valence-corrected chi connectivity index (χ1v) is 30.6. The second-order valence-corrected chi connectivity index (χ2v) is 24.3. The molecule has 14 aromatic rings. The molecule has 0 unspecified atom stereocenters. The first-order valence-electron chi connectivity index (χ1n) is 30.6. The van der Waals surface area contributed by atoms with E-state index in [9.17, 15) is 0 Å². The molecule has 16 rings (SSSR count). The summed E-state index contributed by atoms with van der Waals surface area (Å²) in [7, 11) is 0. The summed E-state index contributed by atoms with van der Waals surface area (Å²) >= 11 is 0. The highest BCUT2D eigenvalue weighted by atomic mass is 15.2. The van der Waals surface area contributed by atoms with E-state index in [-0.39, 0.29) is 6.85 Å². The van der Waals surface area contributed by atoms with Gasteiger partial charge in [-0.3, -0.25) is 0 Å². The van der Waals surface area contributed by atoms with Gasteiger partial charge in [-0.1, -0.05) is 205 Å². The van der Waals surface area contributed by atoms with Crippen LogP contribution in [-0.2, 0) is 0 Å². The van der Waals surface area contributed by atoms with Gasteiger partial charge in [-0.25, -0.2) is 15.0 Å². The maximum atomic E-state index is 5.25. The molecule has 0 N–H and O–H groups in total. The van der Waals surface area contributed by atoms with Crippen LogP contribution in [0.5, 0.6) is 0 Å². The molecule has 0 amide bonds. The Kier molecular flexibility index (Phi) is 12.5. The molecule has 418 valence electrons. The summed E-state index contributed by atoms with van der Waals surface area (Å²) in [6.07, 6.45) is 0. The number of rotatable bonds is 9. The maximum absolute atomic E-state index is 5.25. The molecule has 6 heteroatoms. The molecular formula is C82H62BN5. The zero-order valence-corrected chi connectivity index (χ0v) is 50.5. The number of anilines is 3. The van der Waals surface area contributed by atoms with Gasteiger partial charge >= 0.3 is 6.85 Å². The summed E-state index contributed by atoms with van der Waals surface area (Å²) in [5.74, 6) is 1.88. The van der Waals surface area contributed by atoms with E-state index in [1.54, 1.807) is 0 Å². The fraction of sp³-hybridized carbons (Fsp3) is 0.0854. The molecule has 0 aliphatic carbocycles. The Morgan fingerprint density at radius 2 is 0.795 bits per heavy atom. The number of benzene rings is 12. The number of hydrogen-bond donors (Lipinski definition) is 0. The third-order valence-corrected chi connectivity index (χ3v) is 18.5. The van der Waals surface area contributed by atoms with Crippen molar-refractivity contribution in [2.45, 2.75) is 48.5 Å². The van der Waals surface area contributed by atoms with Gasteiger partial charge in [0.25, 0.3) is 0 Å². The first-order chi connectivity index (χ1) is 43.0. The second kappa shape index (κ2) is 20.8. The molecule has 0 atom stereocenters. The molecule has 0 spiro atoms. The Balaban J connectivity index is 1.02. The standard InChI is InChI=1S/C82H62BN5/c1-49-39-51(3)75(52(4)40-49)63-34-37-72-68(44-63)69-45-65(76-53(5)41-50(2)42-54(76)6)46-70-77-55(7)67(62-29-20-30-64(43-62)82-85-80(59-25-16-10-17-26-59)84-81(86-82)60-27-18-11-19-28-60)48-74-78(77)83(88(72)79(69)70)71-47-61(57-23-14-9-15-24-57)33-38-73(71)87(74)66-35-31-58(32-36-66)56-21-12-8-13-22-56/h8-48H,1-7H3. The van der Waals surface area contributed by atoms with Crippen molar-refractivity contribution in [3.8, 4) is 101 Å². The minimum Gasteiger partial charge on any atom is -0.375 e. The Hall–Kier alpha value is -10.7. The maximum Gasteiger partial charge on any atom is 0.333 e. The number of aryl methyl sites for hydroxylation is 6. The van der Waals surface area contributed by atoms with Crippen molar-refractivity contribution in [2.24, 2.45) is 0 Å². The average molecular weight is 1130 g/mol. The topological polar surface area (TPSA) is 46.8 Å². The lowest BCUT2D eigenvalue weighted by Crippen LogP contribution is -2.57. The average Bonchev–Trinajstić information content (AvgIpc) is 1.35. The zero-order chi connectivity index (χ0) is 59.5. The van der Waals surface area contributed by atoms with Crippen molar-refractivity contribution >= 4 is 56.6 Å². The van der Waals surface area contributed by atoms with Gasteiger partial charge < -0.3 is 9.38 Å². The van der Waals surface area contributed by atoms with Crippen LogP contribution in [0.25, 0.3) is 123 Å². The molecule has 2 aromatic heterocycles. The van der Waals surface area contributed by atoms with Crippen molar-refractivity contribution < 1.29 is 0 Å². The lowest BCUT2D eigenvalue weighted by Gasteiger charge is -2.42. The minimum atomic E-state index is -0.199.